The summed E-state index contributed by atoms with van der Waals surface area (Å²) in [5, 5.41) is 2.86. The molecule has 1 fully saturated rings. The zero-order chi connectivity index (χ0) is 15.4. The second-order valence-corrected chi connectivity index (χ2v) is 6.08. The molecule has 3 rings (SSSR count). The van der Waals surface area contributed by atoms with Gasteiger partial charge in [0.15, 0.2) is 0 Å². The van der Waals surface area contributed by atoms with Crippen LogP contribution in [-0.4, -0.2) is 29.0 Å². The number of piperidine rings is 1. The van der Waals surface area contributed by atoms with E-state index in [4.69, 9.17) is 0 Å². The maximum Gasteiger partial charge on any atom is 0.274 e. The van der Waals surface area contributed by atoms with Gasteiger partial charge in [-0.15, -0.1) is 0 Å². The summed E-state index contributed by atoms with van der Waals surface area (Å²) in [4.78, 5) is 23.2. The van der Waals surface area contributed by atoms with Gasteiger partial charge in [-0.05, 0) is 53.4 Å². The van der Waals surface area contributed by atoms with Crippen molar-refractivity contribution < 1.29 is 4.79 Å². The molecule has 5 nitrogen and oxygen atoms in total. The molecule has 1 aliphatic rings. The van der Waals surface area contributed by atoms with Crippen LogP contribution in [-0.2, 0) is 0 Å². The number of benzene rings is 1. The Kier molecular flexibility index (Phi) is 4.68. The van der Waals surface area contributed by atoms with Gasteiger partial charge in [0.1, 0.15) is 5.69 Å². The summed E-state index contributed by atoms with van der Waals surface area (Å²) in [5.74, 6) is 0.409. The Morgan fingerprint density at radius 1 is 1.14 bits per heavy atom. The molecule has 1 aliphatic heterocycles. The quantitative estimate of drug-likeness (QED) is 0.910. The van der Waals surface area contributed by atoms with Crippen molar-refractivity contribution in [2.75, 3.05) is 23.3 Å². The van der Waals surface area contributed by atoms with Gasteiger partial charge in [0, 0.05) is 23.8 Å². The van der Waals surface area contributed by atoms with Crippen molar-refractivity contribution in [3.63, 3.8) is 0 Å². The smallest absolute Gasteiger partial charge is 0.274 e. The van der Waals surface area contributed by atoms with Gasteiger partial charge in [0.2, 0.25) is 5.95 Å². The third-order valence-corrected chi connectivity index (χ3v) is 4.33. The van der Waals surface area contributed by atoms with E-state index in [1.807, 2.05) is 24.3 Å². The number of anilines is 2. The van der Waals surface area contributed by atoms with Crippen LogP contribution in [0.4, 0.5) is 11.6 Å². The number of nitrogens with one attached hydrogen (secondary N) is 1. The monoisotopic (exact) mass is 360 g/mol. The zero-order valence-corrected chi connectivity index (χ0v) is 13.7. The number of carbonyl (C=O) groups excluding carboxylic acids is 1. The molecule has 2 aromatic rings. The van der Waals surface area contributed by atoms with E-state index in [1.165, 1.54) is 6.42 Å². The molecule has 1 N–H and O–H groups in total. The van der Waals surface area contributed by atoms with Crippen LogP contribution in [0.15, 0.2) is 41.0 Å². The summed E-state index contributed by atoms with van der Waals surface area (Å²) >= 11 is 3.42. The Morgan fingerprint density at radius 3 is 2.68 bits per heavy atom. The second-order valence-electron chi connectivity index (χ2n) is 5.22. The van der Waals surface area contributed by atoms with Gasteiger partial charge in [-0.1, -0.05) is 12.1 Å². The van der Waals surface area contributed by atoms with Crippen molar-refractivity contribution in [1.29, 1.82) is 0 Å². The Bertz CT molecular complexity index is 671. The predicted octanol–water partition coefficient (Wildman–Crippen LogP) is 3.48. The van der Waals surface area contributed by atoms with Crippen molar-refractivity contribution >= 4 is 33.5 Å². The van der Waals surface area contributed by atoms with Gasteiger partial charge < -0.3 is 10.2 Å². The van der Waals surface area contributed by atoms with E-state index in [2.05, 4.69) is 36.1 Å². The molecule has 0 saturated carbocycles. The van der Waals surface area contributed by atoms with Gasteiger partial charge in [-0.3, -0.25) is 4.79 Å². The Hall–Kier alpha value is -1.95. The maximum atomic E-state index is 12.4. The molecule has 6 heteroatoms. The van der Waals surface area contributed by atoms with Gasteiger partial charge in [0.05, 0.1) is 5.69 Å². The molecule has 1 aromatic carbocycles. The number of amides is 1. The first-order valence-electron chi connectivity index (χ1n) is 7.38. The van der Waals surface area contributed by atoms with Crippen LogP contribution in [0, 0.1) is 0 Å². The number of carbonyl (C=O) groups is 1. The molecule has 114 valence electrons. The van der Waals surface area contributed by atoms with E-state index in [-0.39, 0.29) is 5.91 Å². The summed E-state index contributed by atoms with van der Waals surface area (Å²) in [6, 6.07) is 9.14. The number of hydrogen-bond donors (Lipinski definition) is 1. The first-order valence-corrected chi connectivity index (χ1v) is 8.17. The average Bonchev–Trinajstić information content (AvgIpc) is 2.58. The Morgan fingerprint density at radius 2 is 1.91 bits per heavy atom. The predicted molar refractivity (Wildman–Crippen MR) is 90.2 cm³/mol. The van der Waals surface area contributed by atoms with Crippen LogP contribution in [0.1, 0.15) is 29.8 Å². The normalized spacial score (nSPS) is 14.7. The van der Waals surface area contributed by atoms with Crippen LogP contribution in [0.25, 0.3) is 0 Å². The van der Waals surface area contributed by atoms with Crippen molar-refractivity contribution in [2.24, 2.45) is 0 Å². The van der Waals surface area contributed by atoms with Gasteiger partial charge in [-0.2, -0.15) is 0 Å². The molecular weight excluding hydrogens is 344 g/mol. The SMILES string of the molecule is O=C(Nc1ccccc1Br)c1ccnc(N2CCCCC2)n1. The minimum absolute atomic E-state index is 0.229. The number of nitrogens with zero attached hydrogens (tertiary/aromatic N) is 3. The number of hydrogen-bond acceptors (Lipinski definition) is 4. The fraction of sp³-hybridized carbons (Fsp3) is 0.312. The summed E-state index contributed by atoms with van der Waals surface area (Å²) in [7, 11) is 0. The molecule has 0 aliphatic carbocycles. The number of halogens is 1. The lowest BCUT2D eigenvalue weighted by atomic mass is 10.1. The molecule has 1 aromatic heterocycles. The molecule has 0 radical (unpaired) electrons. The molecule has 0 unspecified atom stereocenters. The largest absolute Gasteiger partial charge is 0.341 e. The Balaban J connectivity index is 1.76. The lowest BCUT2D eigenvalue weighted by Crippen LogP contribution is -2.31. The lowest BCUT2D eigenvalue weighted by molar-refractivity contribution is 0.102. The number of aromatic nitrogens is 2. The topological polar surface area (TPSA) is 58.1 Å². The molecule has 1 saturated heterocycles. The standard InChI is InChI=1S/C16H17BrN4O/c17-12-6-2-3-7-13(12)19-15(22)14-8-9-18-16(20-14)21-10-4-1-5-11-21/h2-3,6-9H,1,4-5,10-11H2,(H,19,22). The highest BCUT2D eigenvalue weighted by Gasteiger charge is 2.16. The summed E-state index contributed by atoms with van der Waals surface area (Å²) in [6.45, 7) is 1.91. The van der Waals surface area contributed by atoms with Crippen molar-refractivity contribution in [1.82, 2.24) is 9.97 Å². The van der Waals surface area contributed by atoms with E-state index in [9.17, 15) is 4.79 Å². The van der Waals surface area contributed by atoms with Crippen LogP contribution < -0.4 is 10.2 Å². The highest BCUT2D eigenvalue weighted by Crippen LogP contribution is 2.22. The minimum Gasteiger partial charge on any atom is -0.341 e. The molecule has 1 amide bonds. The Labute approximate surface area is 137 Å². The van der Waals surface area contributed by atoms with Crippen molar-refractivity contribution in [3.8, 4) is 0 Å². The third-order valence-electron chi connectivity index (χ3n) is 3.64. The van der Waals surface area contributed by atoms with Crippen molar-refractivity contribution in [2.45, 2.75) is 19.3 Å². The van der Waals surface area contributed by atoms with Crippen LogP contribution in [0.3, 0.4) is 0 Å². The molecular formula is C16H17BrN4O. The van der Waals surface area contributed by atoms with Crippen LogP contribution >= 0.6 is 15.9 Å². The number of para-hydroxylation sites is 1. The minimum atomic E-state index is -0.229. The third kappa shape index (κ3) is 3.44. The fourth-order valence-electron chi connectivity index (χ4n) is 2.47. The summed E-state index contributed by atoms with van der Waals surface area (Å²) in [5.41, 5.74) is 1.11. The maximum absolute atomic E-state index is 12.4. The zero-order valence-electron chi connectivity index (χ0n) is 12.1. The molecule has 0 atom stereocenters. The molecule has 0 bridgehead atoms. The van der Waals surface area contributed by atoms with Gasteiger partial charge in [0.25, 0.3) is 5.91 Å². The highest BCUT2D eigenvalue weighted by atomic mass is 79.9. The van der Waals surface area contributed by atoms with E-state index in [1.54, 1.807) is 12.3 Å². The first kappa shape index (κ1) is 15.0. The second kappa shape index (κ2) is 6.87. The fourth-order valence-corrected chi connectivity index (χ4v) is 2.85. The number of rotatable bonds is 3. The van der Waals surface area contributed by atoms with Crippen LogP contribution in [0.2, 0.25) is 0 Å². The molecule has 22 heavy (non-hydrogen) atoms. The van der Waals surface area contributed by atoms with Gasteiger partial charge in [-0.25, -0.2) is 9.97 Å². The van der Waals surface area contributed by atoms with Crippen LogP contribution in [0.5, 0.6) is 0 Å². The molecule has 0 spiro atoms. The van der Waals surface area contributed by atoms with Crippen molar-refractivity contribution in [3.05, 3.63) is 46.7 Å². The first-order chi connectivity index (χ1) is 10.7. The van der Waals surface area contributed by atoms with E-state index in [0.29, 0.717) is 11.6 Å². The summed E-state index contributed by atoms with van der Waals surface area (Å²) < 4.78 is 0.841. The summed E-state index contributed by atoms with van der Waals surface area (Å²) in [6.07, 6.45) is 5.19. The lowest BCUT2D eigenvalue weighted by Gasteiger charge is -2.26. The van der Waals surface area contributed by atoms with Gasteiger partial charge >= 0.3 is 0 Å². The van der Waals surface area contributed by atoms with E-state index < -0.39 is 0 Å². The average molecular weight is 361 g/mol. The van der Waals surface area contributed by atoms with E-state index >= 15 is 0 Å². The van der Waals surface area contributed by atoms with E-state index in [0.717, 1.165) is 36.1 Å². The highest BCUT2D eigenvalue weighted by molar-refractivity contribution is 9.10. The molecule has 2 heterocycles.